The van der Waals surface area contributed by atoms with Crippen LogP contribution in [0.1, 0.15) is 42.5 Å². The third kappa shape index (κ3) is 5.60. The maximum Gasteiger partial charge on any atom is 0.234 e. The van der Waals surface area contributed by atoms with Crippen LogP contribution in [-0.2, 0) is 11.3 Å². The van der Waals surface area contributed by atoms with E-state index in [-0.39, 0.29) is 17.8 Å². The normalized spacial score (nSPS) is 11.9. The van der Waals surface area contributed by atoms with Gasteiger partial charge in [0.05, 0.1) is 5.75 Å². The Bertz CT molecular complexity index is 1080. The molecule has 0 bridgehead atoms. The smallest absolute Gasteiger partial charge is 0.234 e. The van der Waals surface area contributed by atoms with Crippen molar-refractivity contribution in [1.29, 1.82) is 0 Å². The highest BCUT2D eigenvalue weighted by molar-refractivity contribution is 7.99. The first-order valence-corrected chi connectivity index (χ1v) is 11.5. The van der Waals surface area contributed by atoms with Crippen LogP contribution in [-0.4, -0.2) is 26.4 Å². The molecule has 1 atom stereocenters. The Morgan fingerprint density at radius 2 is 1.97 bits per heavy atom. The van der Waals surface area contributed by atoms with Gasteiger partial charge in [-0.25, -0.2) is 0 Å². The second-order valence-corrected chi connectivity index (χ2v) is 8.69. The molecule has 0 aliphatic rings. The van der Waals surface area contributed by atoms with Crippen molar-refractivity contribution in [2.45, 2.75) is 52.4 Å². The second kappa shape index (κ2) is 10.2. The summed E-state index contributed by atoms with van der Waals surface area (Å²) < 4.78 is 8.08. The van der Waals surface area contributed by atoms with E-state index >= 15 is 0 Å². The van der Waals surface area contributed by atoms with Gasteiger partial charge in [-0.3, -0.25) is 4.79 Å². The van der Waals surface area contributed by atoms with Crippen LogP contribution in [0.15, 0.2) is 41.6 Å². The van der Waals surface area contributed by atoms with E-state index in [1.807, 2.05) is 55.7 Å². The second-order valence-electron chi connectivity index (χ2n) is 7.34. The van der Waals surface area contributed by atoms with Gasteiger partial charge in [0, 0.05) is 17.3 Å². The molecule has 3 rings (SSSR count). The minimum absolute atomic E-state index is 0.123. The van der Waals surface area contributed by atoms with Crippen molar-refractivity contribution >= 4 is 35.0 Å². The average molecular weight is 459 g/mol. The molecule has 1 amide bonds. The molecule has 1 N–H and O–H groups in total. The standard InChI is InChI=1S/C23H27ClN4O2S/c1-6-28-22(17(5)30-18-11-10-14(2)15(3)12-18)26-27-23(28)31-13-21(29)25-20-9-7-8-19(24)16(20)4/h7-12,17H,6,13H2,1-5H3,(H,25,29). The van der Waals surface area contributed by atoms with Crippen molar-refractivity contribution in [1.82, 2.24) is 14.8 Å². The van der Waals surface area contributed by atoms with E-state index in [0.717, 1.165) is 17.1 Å². The number of hydrogen-bond donors (Lipinski definition) is 1. The minimum atomic E-state index is -0.271. The van der Waals surface area contributed by atoms with Gasteiger partial charge in [0.15, 0.2) is 17.1 Å². The zero-order valence-electron chi connectivity index (χ0n) is 18.4. The molecule has 0 aliphatic carbocycles. The van der Waals surface area contributed by atoms with Gasteiger partial charge in [-0.2, -0.15) is 0 Å². The SMILES string of the molecule is CCn1c(SCC(=O)Nc2cccc(Cl)c2C)nnc1C(C)Oc1ccc(C)c(C)c1. The monoisotopic (exact) mass is 458 g/mol. The Morgan fingerprint density at radius 3 is 2.68 bits per heavy atom. The summed E-state index contributed by atoms with van der Waals surface area (Å²) in [5.74, 6) is 1.62. The summed E-state index contributed by atoms with van der Waals surface area (Å²) in [6, 6.07) is 11.5. The fraction of sp³-hybridized carbons (Fsp3) is 0.348. The summed E-state index contributed by atoms with van der Waals surface area (Å²) in [5.41, 5.74) is 3.96. The number of carbonyl (C=O) groups excluding carboxylic acids is 1. The predicted molar refractivity (Wildman–Crippen MR) is 126 cm³/mol. The third-order valence-electron chi connectivity index (χ3n) is 5.09. The van der Waals surface area contributed by atoms with Gasteiger partial charge in [0.2, 0.25) is 5.91 Å². The number of halogens is 1. The number of anilines is 1. The molecule has 0 aliphatic heterocycles. The molecule has 0 spiro atoms. The van der Waals surface area contributed by atoms with Gasteiger partial charge >= 0.3 is 0 Å². The molecular formula is C23H27ClN4O2S. The zero-order chi connectivity index (χ0) is 22.5. The van der Waals surface area contributed by atoms with Crippen molar-refractivity contribution in [3.8, 4) is 5.75 Å². The lowest BCUT2D eigenvalue weighted by Crippen LogP contribution is -2.16. The van der Waals surface area contributed by atoms with Gasteiger partial charge in [-0.05, 0) is 75.6 Å². The number of hydrogen-bond acceptors (Lipinski definition) is 5. The molecule has 1 aromatic heterocycles. The van der Waals surface area contributed by atoms with Gasteiger partial charge in [-0.1, -0.05) is 35.5 Å². The van der Waals surface area contributed by atoms with Crippen LogP contribution in [0.5, 0.6) is 5.75 Å². The molecule has 0 radical (unpaired) electrons. The number of carbonyl (C=O) groups is 1. The molecule has 8 heteroatoms. The first-order chi connectivity index (χ1) is 14.8. The highest BCUT2D eigenvalue weighted by atomic mass is 35.5. The van der Waals surface area contributed by atoms with Crippen LogP contribution in [0.25, 0.3) is 0 Å². The Labute approximate surface area is 192 Å². The van der Waals surface area contributed by atoms with Gasteiger partial charge in [0.25, 0.3) is 0 Å². The molecule has 0 fully saturated rings. The van der Waals surface area contributed by atoms with Crippen molar-refractivity contribution in [2.24, 2.45) is 0 Å². The maximum atomic E-state index is 12.4. The van der Waals surface area contributed by atoms with E-state index in [9.17, 15) is 4.79 Å². The number of nitrogens with zero attached hydrogens (tertiary/aromatic N) is 3. The van der Waals surface area contributed by atoms with Crippen LogP contribution in [0.3, 0.4) is 0 Å². The number of rotatable bonds is 8. The Kier molecular flexibility index (Phi) is 7.62. The maximum absolute atomic E-state index is 12.4. The van der Waals surface area contributed by atoms with E-state index in [1.54, 1.807) is 6.07 Å². The molecular weight excluding hydrogens is 432 g/mol. The number of aromatic nitrogens is 3. The summed E-state index contributed by atoms with van der Waals surface area (Å²) >= 11 is 7.47. The lowest BCUT2D eigenvalue weighted by Gasteiger charge is -2.16. The lowest BCUT2D eigenvalue weighted by atomic mass is 10.1. The highest BCUT2D eigenvalue weighted by Gasteiger charge is 2.20. The molecule has 2 aromatic carbocycles. The molecule has 0 saturated carbocycles. The molecule has 6 nitrogen and oxygen atoms in total. The number of benzene rings is 2. The summed E-state index contributed by atoms with van der Waals surface area (Å²) in [4.78, 5) is 12.4. The van der Waals surface area contributed by atoms with Crippen molar-refractivity contribution in [2.75, 3.05) is 11.1 Å². The summed E-state index contributed by atoms with van der Waals surface area (Å²) in [6.07, 6.45) is -0.271. The van der Waals surface area contributed by atoms with Gasteiger partial charge < -0.3 is 14.6 Å². The topological polar surface area (TPSA) is 69.0 Å². The van der Waals surface area contributed by atoms with Crippen molar-refractivity contribution in [3.05, 3.63) is 63.9 Å². The van der Waals surface area contributed by atoms with Crippen molar-refractivity contribution in [3.63, 3.8) is 0 Å². The number of amides is 1. The van der Waals surface area contributed by atoms with Gasteiger partial charge in [-0.15, -0.1) is 10.2 Å². The Hall–Kier alpha value is -2.51. The minimum Gasteiger partial charge on any atom is -0.483 e. The lowest BCUT2D eigenvalue weighted by molar-refractivity contribution is -0.113. The van der Waals surface area contributed by atoms with Crippen LogP contribution < -0.4 is 10.1 Å². The van der Waals surface area contributed by atoms with Crippen LogP contribution in [0.4, 0.5) is 5.69 Å². The summed E-state index contributed by atoms with van der Waals surface area (Å²) in [7, 11) is 0. The van der Waals surface area contributed by atoms with Crippen LogP contribution in [0.2, 0.25) is 5.02 Å². The molecule has 3 aromatic rings. The quantitative estimate of drug-likeness (QED) is 0.435. The molecule has 1 heterocycles. The van der Waals surface area contributed by atoms with E-state index in [1.165, 1.54) is 22.9 Å². The van der Waals surface area contributed by atoms with E-state index in [4.69, 9.17) is 16.3 Å². The predicted octanol–water partition coefficient (Wildman–Crippen LogP) is 5.75. The molecule has 164 valence electrons. The fourth-order valence-electron chi connectivity index (χ4n) is 3.11. The van der Waals surface area contributed by atoms with Gasteiger partial charge in [0.1, 0.15) is 5.75 Å². The molecule has 31 heavy (non-hydrogen) atoms. The largest absolute Gasteiger partial charge is 0.483 e. The van der Waals surface area contributed by atoms with Crippen molar-refractivity contribution < 1.29 is 9.53 Å². The first kappa shape index (κ1) is 23.2. The molecule has 0 saturated heterocycles. The average Bonchev–Trinajstić information content (AvgIpc) is 3.15. The fourth-order valence-corrected chi connectivity index (χ4v) is 4.09. The Morgan fingerprint density at radius 1 is 1.19 bits per heavy atom. The number of thioether (sulfide) groups is 1. The summed E-state index contributed by atoms with van der Waals surface area (Å²) in [5, 5.41) is 12.8. The zero-order valence-corrected chi connectivity index (χ0v) is 20.0. The summed E-state index contributed by atoms with van der Waals surface area (Å²) in [6.45, 7) is 10.7. The highest BCUT2D eigenvalue weighted by Crippen LogP contribution is 2.27. The number of nitrogens with one attached hydrogen (secondary N) is 1. The number of aryl methyl sites for hydroxylation is 2. The Balaban J connectivity index is 1.65. The van der Waals surface area contributed by atoms with Crippen LogP contribution in [0, 0.1) is 20.8 Å². The number of ether oxygens (including phenoxy) is 1. The van der Waals surface area contributed by atoms with E-state index in [2.05, 4.69) is 29.4 Å². The first-order valence-electron chi connectivity index (χ1n) is 10.1. The van der Waals surface area contributed by atoms with Crippen LogP contribution >= 0.6 is 23.4 Å². The van der Waals surface area contributed by atoms with E-state index in [0.29, 0.717) is 22.4 Å². The third-order valence-corrected chi connectivity index (χ3v) is 6.47. The van der Waals surface area contributed by atoms with E-state index < -0.39 is 0 Å². The molecule has 1 unspecified atom stereocenters.